The van der Waals surface area contributed by atoms with Crippen LogP contribution in [0.2, 0.25) is 0 Å². The van der Waals surface area contributed by atoms with Gasteiger partial charge in [-0.1, -0.05) is 36.4 Å². The van der Waals surface area contributed by atoms with Crippen molar-refractivity contribution in [1.29, 1.82) is 0 Å². The highest BCUT2D eigenvalue weighted by Crippen LogP contribution is 2.33. The molecule has 0 spiro atoms. The number of nitrogens with one attached hydrogen (secondary N) is 1. The van der Waals surface area contributed by atoms with E-state index in [4.69, 9.17) is 4.74 Å². The molecule has 0 radical (unpaired) electrons. The van der Waals surface area contributed by atoms with Crippen LogP contribution in [-0.4, -0.2) is 87.4 Å². The Labute approximate surface area is 308 Å². The van der Waals surface area contributed by atoms with Gasteiger partial charge < -0.3 is 20.1 Å². The third-order valence-corrected chi connectivity index (χ3v) is 10.7. The number of carboxylic acid groups (broad SMARTS) is 1. The van der Waals surface area contributed by atoms with Crippen molar-refractivity contribution in [3.63, 3.8) is 0 Å². The van der Waals surface area contributed by atoms with Crippen LogP contribution >= 0.6 is 0 Å². The quantitative estimate of drug-likeness (QED) is 0.229. The number of likely N-dealkylation sites (tertiary alicyclic amines) is 1. The van der Waals surface area contributed by atoms with E-state index in [1.54, 1.807) is 23.1 Å². The topological polar surface area (TPSA) is 99.2 Å². The Balaban J connectivity index is 1.17. The highest BCUT2D eigenvalue weighted by molar-refractivity contribution is 5.94. The van der Waals surface area contributed by atoms with E-state index in [0.717, 1.165) is 41.5 Å². The Morgan fingerprint density at radius 1 is 0.904 bits per heavy atom. The summed E-state index contributed by atoms with van der Waals surface area (Å²) in [4.78, 5) is 42.2. The van der Waals surface area contributed by atoms with Gasteiger partial charge in [0.1, 0.15) is 29.5 Å². The molecule has 0 saturated carbocycles. The minimum atomic E-state index is -0.785. The largest absolute Gasteiger partial charge is 0.514 e. The van der Waals surface area contributed by atoms with E-state index in [1.807, 2.05) is 90.9 Å². The number of benzene rings is 3. The molecule has 280 valence electrons. The first kappa shape index (κ1) is 38.9. The maximum atomic E-state index is 15.2. The molecular formula is C42H56FN4O5+. The SMILES string of the molecule is C[C@H]1CN(Cc2cccc(-c3cc(CNC(=O)c4cccc(CC5CCN(C(=O)OC(C)(C)C)CC5)c4)ccc3F)c2)CC[N+]1(C(=O)O)C(C)(C)C. The molecule has 9 nitrogen and oxygen atoms in total. The van der Waals surface area contributed by atoms with Crippen LogP contribution in [0.15, 0.2) is 66.7 Å². The number of piperazine rings is 1. The zero-order valence-electron chi connectivity index (χ0n) is 31.9. The molecule has 2 N–H and O–H groups in total. The van der Waals surface area contributed by atoms with Crippen LogP contribution in [0.25, 0.3) is 11.1 Å². The number of piperidine rings is 1. The summed E-state index contributed by atoms with van der Waals surface area (Å²) in [6.45, 7) is 17.6. The van der Waals surface area contributed by atoms with Gasteiger partial charge in [-0.2, -0.15) is 4.79 Å². The van der Waals surface area contributed by atoms with Crippen LogP contribution in [0.1, 0.15) is 88.4 Å². The van der Waals surface area contributed by atoms with Gasteiger partial charge in [0, 0.05) is 43.9 Å². The highest BCUT2D eigenvalue weighted by Gasteiger charge is 2.54. The lowest BCUT2D eigenvalue weighted by molar-refractivity contribution is -0.929. The minimum absolute atomic E-state index is 0.0294. The summed E-state index contributed by atoms with van der Waals surface area (Å²) in [5.41, 5.74) is 3.77. The zero-order valence-corrected chi connectivity index (χ0v) is 31.9. The third-order valence-electron chi connectivity index (χ3n) is 10.7. The molecule has 3 amide bonds. The van der Waals surface area contributed by atoms with E-state index in [2.05, 4.69) is 10.2 Å². The van der Waals surface area contributed by atoms with Crippen LogP contribution in [0.5, 0.6) is 0 Å². The lowest BCUT2D eigenvalue weighted by Gasteiger charge is -2.52. The van der Waals surface area contributed by atoms with Crippen molar-refractivity contribution < 1.29 is 33.1 Å². The van der Waals surface area contributed by atoms with Gasteiger partial charge in [-0.3, -0.25) is 9.69 Å². The number of ether oxygens (including phenoxy) is 1. The molecule has 2 atom stereocenters. The molecule has 0 aliphatic carbocycles. The van der Waals surface area contributed by atoms with Gasteiger partial charge in [0.15, 0.2) is 0 Å². The highest BCUT2D eigenvalue weighted by atomic mass is 19.1. The first-order valence-electron chi connectivity index (χ1n) is 18.5. The molecule has 5 rings (SSSR count). The van der Waals surface area contributed by atoms with E-state index >= 15 is 4.39 Å². The summed E-state index contributed by atoms with van der Waals surface area (Å²) in [5, 5.41) is 13.2. The van der Waals surface area contributed by atoms with Crippen LogP contribution < -0.4 is 5.32 Å². The first-order valence-corrected chi connectivity index (χ1v) is 18.5. The van der Waals surface area contributed by atoms with Crippen LogP contribution in [0.4, 0.5) is 14.0 Å². The van der Waals surface area contributed by atoms with E-state index in [0.29, 0.717) is 56.3 Å². The molecule has 1 unspecified atom stereocenters. The average molecular weight is 716 g/mol. The fraction of sp³-hybridized carbons (Fsp3) is 0.500. The van der Waals surface area contributed by atoms with Gasteiger partial charge in [-0.25, -0.2) is 13.7 Å². The zero-order chi connectivity index (χ0) is 37.8. The van der Waals surface area contributed by atoms with Crippen molar-refractivity contribution >= 4 is 18.1 Å². The predicted octanol–water partition coefficient (Wildman–Crippen LogP) is 8.11. The van der Waals surface area contributed by atoms with Crippen molar-refractivity contribution in [1.82, 2.24) is 15.1 Å². The molecule has 0 bridgehead atoms. The molecule has 2 fully saturated rings. The smallest absolute Gasteiger partial charge is 0.444 e. The molecule has 2 saturated heterocycles. The van der Waals surface area contributed by atoms with Crippen molar-refractivity contribution in [2.24, 2.45) is 5.92 Å². The molecular weight excluding hydrogens is 659 g/mol. The van der Waals surface area contributed by atoms with E-state index < -0.39 is 17.2 Å². The maximum Gasteiger partial charge on any atom is 0.514 e. The average Bonchev–Trinajstić information content (AvgIpc) is 3.07. The molecule has 2 aliphatic rings. The second-order valence-electron chi connectivity index (χ2n) is 16.6. The lowest BCUT2D eigenvalue weighted by atomic mass is 9.90. The Morgan fingerprint density at radius 3 is 2.25 bits per heavy atom. The Morgan fingerprint density at radius 2 is 1.60 bits per heavy atom. The van der Waals surface area contributed by atoms with Crippen LogP contribution in [0.3, 0.4) is 0 Å². The fourth-order valence-corrected chi connectivity index (χ4v) is 7.94. The fourth-order valence-electron chi connectivity index (χ4n) is 7.94. The first-order chi connectivity index (χ1) is 24.4. The van der Waals surface area contributed by atoms with Gasteiger partial charge in [0.2, 0.25) is 0 Å². The normalized spacial score (nSPS) is 20.4. The number of nitrogens with zero attached hydrogens (tertiary/aromatic N) is 3. The number of rotatable bonds is 8. The maximum absolute atomic E-state index is 15.2. The summed E-state index contributed by atoms with van der Waals surface area (Å²) in [6.07, 6.45) is 1.55. The van der Waals surface area contributed by atoms with Gasteiger partial charge in [0.25, 0.3) is 5.91 Å². The van der Waals surface area contributed by atoms with Crippen molar-refractivity contribution in [2.45, 2.75) is 98.0 Å². The standard InChI is InChI=1S/C42H55FN4O5/c1-29-27-45(20-21-47(29,40(50)51)41(2,3)4)28-33-11-9-12-34(24-33)36-25-32(14-15-37(36)43)26-44-38(48)35-13-8-10-31(23-35)22-30-16-18-46(19-17-30)39(49)52-42(5,6)7/h8-15,23-25,29-30H,16-22,26-28H2,1-7H3,(H-,44,48,50,51)/p+1/t29-,47?/m0/s1. The van der Waals surface area contributed by atoms with Crippen LogP contribution in [0, 0.1) is 11.7 Å². The van der Waals surface area contributed by atoms with Crippen molar-refractivity contribution in [3.8, 4) is 11.1 Å². The molecule has 0 aromatic heterocycles. The summed E-state index contributed by atoms with van der Waals surface area (Å²) < 4.78 is 20.8. The molecule has 2 heterocycles. The van der Waals surface area contributed by atoms with Gasteiger partial charge in [-0.15, -0.1) is 0 Å². The Kier molecular flexibility index (Phi) is 11.8. The van der Waals surface area contributed by atoms with Crippen molar-refractivity contribution in [2.75, 3.05) is 32.7 Å². The number of carbonyl (C=O) groups is 3. The van der Waals surface area contributed by atoms with Crippen molar-refractivity contribution in [3.05, 3.63) is 94.8 Å². The number of carbonyl (C=O) groups excluding carboxylic acids is 2. The summed E-state index contributed by atoms with van der Waals surface area (Å²) in [7, 11) is 0. The number of hydrogen-bond donors (Lipinski definition) is 2. The van der Waals surface area contributed by atoms with Gasteiger partial charge in [0.05, 0.1) is 6.54 Å². The molecule has 3 aromatic carbocycles. The molecule has 52 heavy (non-hydrogen) atoms. The molecule has 10 heteroatoms. The Bertz CT molecular complexity index is 1760. The van der Waals surface area contributed by atoms with E-state index in [-0.39, 0.29) is 34.9 Å². The summed E-state index contributed by atoms with van der Waals surface area (Å²) >= 11 is 0. The number of amides is 3. The van der Waals surface area contributed by atoms with Gasteiger partial charge in [-0.05, 0) is 126 Å². The Hall–Kier alpha value is -4.28. The second kappa shape index (κ2) is 15.8. The summed E-state index contributed by atoms with van der Waals surface area (Å²) in [6, 6.07) is 20.4. The van der Waals surface area contributed by atoms with Gasteiger partial charge >= 0.3 is 12.2 Å². The second-order valence-corrected chi connectivity index (χ2v) is 16.6. The molecule has 3 aromatic rings. The van der Waals surface area contributed by atoms with E-state index in [9.17, 15) is 19.5 Å². The number of halogens is 1. The predicted molar refractivity (Wildman–Crippen MR) is 201 cm³/mol. The summed E-state index contributed by atoms with van der Waals surface area (Å²) in [5.74, 6) is -0.111. The monoisotopic (exact) mass is 715 g/mol. The molecule has 2 aliphatic heterocycles. The minimum Gasteiger partial charge on any atom is -0.444 e. The van der Waals surface area contributed by atoms with Crippen LogP contribution in [-0.2, 0) is 24.2 Å². The lowest BCUT2D eigenvalue weighted by Crippen LogP contribution is -2.73. The third kappa shape index (κ3) is 9.19. The van der Waals surface area contributed by atoms with E-state index in [1.165, 1.54) is 6.07 Å². The number of quaternary nitrogens is 1. The number of hydrogen-bond acceptors (Lipinski definition) is 5.